The van der Waals surface area contributed by atoms with Crippen molar-refractivity contribution in [2.24, 2.45) is 0 Å². The zero-order valence-corrected chi connectivity index (χ0v) is 18.0. The van der Waals surface area contributed by atoms with Crippen LogP contribution in [0.15, 0.2) is 48.5 Å². The molecule has 1 aliphatic rings. The summed E-state index contributed by atoms with van der Waals surface area (Å²) in [7, 11) is -3.68. The summed E-state index contributed by atoms with van der Waals surface area (Å²) < 4.78 is 39.0. The number of nitrogens with zero attached hydrogens (tertiary/aromatic N) is 2. The number of sulfonamides is 1. The second-order valence-corrected chi connectivity index (χ2v) is 9.68. The molecular weight excluding hydrogens is 405 g/mol. The number of nitrogens with one attached hydrogen (secondary N) is 1. The first kappa shape index (κ1) is 22.4. The lowest BCUT2D eigenvalue weighted by atomic mass is 10.1. The summed E-state index contributed by atoms with van der Waals surface area (Å²) >= 11 is 0. The summed E-state index contributed by atoms with van der Waals surface area (Å²) in [6, 6.07) is 14.0. The third kappa shape index (κ3) is 6.62. The number of benzene rings is 2. The highest BCUT2D eigenvalue weighted by Gasteiger charge is 2.21. The molecule has 1 amide bonds. The average Bonchev–Trinajstić information content (AvgIpc) is 3.20. The molecule has 6 nitrogen and oxygen atoms in total. The molecule has 1 N–H and O–H groups in total. The van der Waals surface area contributed by atoms with Crippen LogP contribution in [-0.4, -0.2) is 49.4 Å². The van der Waals surface area contributed by atoms with Crippen molar-refractivity contribution < 1.29 is 17.6 Å². The number of amides is 1. The van der Waals surface area contributed by atoms with Crippen molar-refractivity contribution in [3.05, 3.63) is 71.0 Å². The van der Waals surface area contributed by atoms with Crippen molar-refractivity contribution in [2.45, 2.75) is 32.5 Å². The van der Waals surface area contributed by atoms with Crippen LogP contribution in [0.1, 0.15) is 29.5 Å². The van der Waals surface area contributed by atoms with Gasteiger partial charge in [0, 0.05) is 25.2 Å². The molecule has 30 heavy (non-hydrogen) atoms. The lowest BCUT2D eigenvalue weighted by Crippen LogP contribution is -2.39. The van der Waals surface area contributed by atoms with Crippen LogP contribution in [0.2, 0.25) is 0 Å². The molecule has 3 rings (SSSR count). The van der Waals surface area contributed by atoms with Crippen LogP contribution in [-0.2, 0) is 34.5 Å². The van der Waals surface area contributed by atoms with E-state index in [2.05, 4.69) is 22.3 Å². The lowest BCUT2D eigenvalue weighted by Gasteiger charge is -2.20. The molecule has 1 aliphatic heterocycles. The standard InChI is InChI=1S/C22H28FN3O3S/c1-30(28,29)26(16-20-9-2-3-10-21(20)23)17-22(27)24-14-18-7-6-8-19(13-18)15-25-11-4-5-12-25/h2-3,6-10,13H,4-5,11-12,14-17H2,1H3,(H,24,27). The molecule has 162 valence electrons. The van der Waals surface area contributed by atoms with E-state index >= 15 is 0 Å². The van der Waals surface area contributed by atoms with Crippen LogP contribution in [0.5, 0.6) is 0 Å². The minimum Gasteiger partial charge on any atom is -0.351 e. The first-order valence-corrected chi connectivity index (χ1v) is 11.9. The van der Waals surface area contributed by atoms with Gasteiger partial charge in [0.15, 0.2) is 0 Å². The Morgan fingerprint density at radius 2 is 1.80 bits per heavy atom. The summed E-state index contributed by atoms with van der Waals surface area (Å²) in [5, 5.41) is 2.77. The number of carbonyl (C=O) groups is 1. The van der Waals surface area contributed by atoms with Crippen LogP contribution in [0.4, 0.5) is 4.39 Å². The molecule has 0 saturated carbocycles. The fourth-order valence-corrected chi connectivity index (χ4v) is 4.29. The predicted octanol–water partition coefficient (Wildman–Crippen LogP) is 2.50. The SMILES string of the molecule is CS(=O)(=O)N(CC(=O)NCc1cccc(CN2CCCC2)c1)Cc1ccccc1F. The molecule has 0 unspecified atom stereocenters. The van der Waals surface area contributed by atoms with Gasteiger partial charge in [0.05, 0.1) is 12.8 Å². The largest absolute Gasteiger partial charge is 0.351 e. The Morgan fingerprint density at radius 3 is 2.50 bits per heavy atom. The maximum absolute atomic E-state index is 13.9. The first-order valence-electron chi connectivity index (χ1n) is 10.1. The summed E-state index contributed by atoms with van der Waals surface area (Å²) in [5.74, 6) is -0.928. The maximum atomic E-state index is 13.9. The minimum absolute atomic E-state index is 0.190. The zero-order chi connectivity index (χ0) is 21.6. The van der Waals surface area contributed by atoms with Crippen molar-refractivity contribution in [1.29, 1.82) is 0 Å². The van der Waals surface area contributed by atoms with E-state index in [-0.39, 0.29) is 18.7 Å². The van der Waals surface area contributed by atoms with Crippen LogP contribution in [0.25, 0.3) is 0 Å². The number of hydrogen-bond acceptors (Lipinski definition) is 4. The predicted molar refractivity (Wildman–Crippen MR) is 114 cm³/mol. The number of carbonyl (C=O) groups excluding carboxylic acids is 1. The number of halogens is 1. The molecular formula is C22H28FN3O3S. The van der Waals surface area contributed by atoms with Crippen LogP contribution >= 0.6 is 0 Å². The number of likely N-dealkylation sites (tertiary alicyclic amines) is 1. The van der Waals surface area contributed by atoms with Crippen LogP contribution in [0, 0.1) is 5.82 Å². The van der Waals surface area contributed by atoms with Gasteiger partial charge in [-0.2, -0.15) is 4.31 Å². The molecule has 0 aliphatic carbocycles. The number of hydrogen-bond donors (Lipinski definition) is 1. The van der Waals surface area contributed by atoms with Crippen molar-refractivity contribution in [1.82, 2.24) is 14.5 Å². The van der Waals surface area contributed by atoms with Crippen molar-refractivity contribution in [2.75, 3.05) is 25.9 Å². The van der Waals surface area contributed by atoms with E-state index in [1.54, 1.807) is 6.07 Å². The fourth-order valence-electron chi connectivity index (χ4n) is 3.56. The van der Waals surface area contributed by atoms with E-state index < -0.39 is 21.7 Å². The molecule has 1 fully saturated rings. The third-order valence-corrected chi connectivity index (χ3v) is 6.38. The van der Waals surface area contributed by atoms with E-state index in [1.165, 1.54) is 36.6 Å². The summed E-state index contributed by atoms with van der Waals surface area (Å²) in [6.45, 7) is 2.88. The van der Waals surface area contributed by atoms with Crippen LogP contribution < -0.4 is 5.32 Å². The molecule has 1 heterocycles. The van der Waals surface area contributed by atoms with E-state index in [0.29, 0.717) is 6.54 Å². The van der Waals surface area contributed by atoms with Gasteiger partial charge in [-0.05, 0) is 43.1 Å². The highest BCUT2D eigenvalue weighted by atomic mass is 32.2. The topological polar surface area (TPSA) is 69.7 Å². The Hall–Kier alpha value is -2.29. The Morgan fingerprint density at radius 1 is 1.10 bits per heavy atom. The molecule has 2 aromatic carbocycles. The van der Waals surface area contributed by atoms with Gasteiger partial charge in [0.2, 0.25) is 15.9 Å². The monoisotopic (exact) mass is 433 g/mol. The van der Waals surface area contributed by atoms with Crippen molar-refractivity contribution >= 4 is 15.9 Å². The van der Waals surface area contributed by atoms with Gasteiger partial charge in [0.1, 0.15) is 5.82 Å². The average molecular weight is 434 g/mol. The van der Waals surface area contributed by atoms with E-state index in [9.17, 15) is 17.6 Å². The second kappa shape index (κ2) is 10.1. The van der Waals surface area contributed by atoms with Crippen LogP contribution in [0.3, 0.4) is 0 Å². The fraction of sp³-hybridized carbons (Fsp3) is 0.409. The van der Waals surface area contributed by atoms with Gasteiger partial charge < -0.3 is 5.32 Å². The molecule has 0 aromatic heterocycles. The minimum atomic E-state index is -3.68. The first-order chi connectivity index (χ1) is 14.3. The zero-order valence-electron chi connectivity index (χ0n) is 17.2. The Balaban J connectivity index is 1.57. The Bertz CT molecular complexity index is 975. The number of rotatable bonds is 9. The van der Waals surface area contributed by atoms with Gasteiger partial charge >= 0.3 is 0 Å². The quantitative estimate of drug-likeness (QED) is 0.660. The third-order valence-electron chi connectivity index (χ3n) is 5.18. The molecule has 0 bridgehead atoms. The van der Waals surface area contributed by atoms with Gasteiger partial charge in [-0.3, -0.25) is 9.69 Å². The molecule has 1 saturated heterocycles. The normalized spacial score (nSPS) is 14.9. The molecule has 0 spiro atoms. The van der Waals surface area contributed by atoms with Gasteiger partial charge in [-0.1, -0.05) is 42.5 Å². The van der Waals surface area contributed by atoms with Gasteiger partial charge in [0.25, 0.3) is 0 Å². The van der Waals surface area contributed by atoms with Gasteiger partial charge in [-0.15, -0.1) is 0 Å². The summed E-state index contributed by atoms with van der Waals surface area (Å²) in [4.78, 5) is 14.8. The highest BCUT2D eigenvalue weighted by Crippen LogP contribution is 2.14. The second-order valence-electron chi connectivity index (χ2n) is 7.70. The van der Waals surface area contributed by atoms with Gasteiger partial charge in [-0.25, -0.2) is 12.8 Å². The van der Waals surface area contributed by atoms with Crippen molar-refractivity contribution in [3.63, 3.8) is 0 Å². The highest BCUT2D eigenvalue weighted by molar-refractivity contribution is 7.88. The Labute approximate surface area is 177 Å². The van der Waals surface area contributed by atoms with Crippen molar-refractivity contribution in [3.8, 4) is 0 Å². The van der Waals surface area contributed by atoms with E-state index in [1.807, 2.05) is 12.1 Å². The molecule has 0 atom stereocenters. The Kier molecular flexibility index (Phi) is 7.58. The summed E-state index contributed by atoms with van der Waals surface area (Å²) in [5.41, 5.74) is 2.38. The molecule has 0 radical (unpaired) electrons. The molecule has 2 aromatic rings. The maximum Gasteiger partial charge on any atom is 0.235 e. The smallest absolute Gasteiger partial charge is 0.235 e. The van der Waals surface area contributed by atoms with E-state index in [4.69, 9.17) is 0 Å². The molecule has 8 heteroatoms. The summed E-state index contributed by atoms with van der Waals surface area (Å²) in [6.07, 6.45) is 3.49. The van der Waals surface area contributed by atoms with E-state index in [0.717, 1.165) is 35.8 Å². The lowest BCUT2D eigenvalue weighted by molar-refractivity contribution is -0.121.